The van der Waals surface area contributed by atoms with Gasteiger partial charge < -0.3 is 4.74 Å². The molecule has 0 aliphatic heterocycles. The molecule has 0 unspecified atom stereocenters. The number of nitrogens with one attached hydrogen (secondary N) is 2. The van der Waals surface area contributed by atoms with Crippen molar-refractivity contribution in [1.29, 1.82) is 0 Å². The maximum atomic E-state index is 12.0. The highest BCUT2D eigenvalue weighted by molar-refractivity contribution is 6.42. The zero-order valence-corrected chi connectivity index (χ0v) is 16.0. The number of hydrogen-bond acceptors (Lipinski definition) is 4. The van der Waals surface area contributed by atoms with E-state index in [1.54, 1.807) is 24.3 Å². The summed E-state index contributed by atoms with van der Waals surface area (Å²) in [6, 6.07) is 12.4. The largest absolute Gasteiger partial charge is 0.483 e. The number of hydrazine groups is 1. The Labute approximate surface area is 158 Å². The van der Waals surface area contributed by atoms with Crippen LogP contribution in [0.5, 0.6) is 5.75 Å². The second-order valence-corrected chi connectivity index (χ2v) is 6.68. The highest BCUT2D eigenvalue weighted by atomic mass is 16.5. The Morgan fingerprint density at radius 2 is 1.56 bits per heavy atom. The maximum absolute atomic E-state index is 12.0. The molecule has 2 N–H and O–H groups in total. The van der Waals surface area contributed by atoms with Gasteiger partial charge in [0, 0.05) is 5.56 Å². The van der Waals surface area contributed by atoms with Crippen molar-refractivity contribution in [2.24, 2.45) is 0 Å². The third kappa shape index (κ3) is 5.67. The van der Waals surface area contributed by atoms with Crippen molar-refractivity contribution in [3.05, 3.63) is 64.7 Å². The molecule has 2 rings (SSSR count). The van der Waals surface area contributed by atoms with Gasteiger partial charge in [-0.15, -0.1) is 0 Å². The SMILES string of the molecule is Cc1ccc(C(=O)C(=O)NNC(=O)COc2cc(C)ccc2C(C)C)cc1. The van der Waals surface area contributed by atoms with Gasteiger partial charge >= 0.3 is 5.91 Å². The Morgan fingerprint density at radius 3 is 2.19 bits per heavy atom. The van der Waals surface area contributed by atoms with E-state index in [0.717, 1.165) is 16.7 Å². The Bertz CT molecular complexity index is 842. The molecule has 0 saturated heterocycles. The molecular formula is C21H24N2O4. The topological polar surface area (TPSA) is 84.5 Å². The number of aryl methyl sites for hydroxylation is 2. The van der Waals surface area contributed by atoms with E-state index in [1.165, 1.54) is 0 Å². The number of amides is 2. The van der Waals surface area contributed by atoms with E-state index in [9.17, 15) is 14.4 Å². The van der Waals surface area contributed by atoms with Crippen LogP contribution in [0.25, 0.3) is 0 Å². The van der Waals surface area contributed by atoms with Crippen LogP contribution < -0.4 is 15.6 Å². The highest BCUT2D eigenvalue weighted by Gasteiger charge is 2.17. The highest BCUT2D eigenvalue weighted by Crippen LogP contribution is 2.27. The van der Waals surface area contributed by atoms with Crippen molar-refractivity contribution in [1.82, 2.24) is 10.9 Å². The third-order valence-corrected chi connectivity index (χ3v) is 3.99. The average molecular weight is 368 g/mol. The first kappa shape index (κ1) is 20.2. The summed E-state index contributed by atoms with van der Waals surface area (Å²) in [5, 5.41) is 0. The van der Waals surface area contributed by atoms with E-state index in [4.69, 9.17) is 4.74 Å². The summed E-state index contributed by atoms with van der Waals surface area (Å²) in [5.41, 5.74) is 7.55. The van der Waals surface area contributed by atoms with Crippen LogP contribution >= 0.6 is 0 Å². The first-order valence-corrected chi connectivity index (χ1v) is 8.71. The Hall–Kier alpha value is -3.15. The molecule has 0 aliphatic carbocycles. The van der Waals surface area contributed by atoms with E-state index in [-0.39, 0.29) is 18.1 Å². The number of ether oxygens (including phenoxy) is 1. The first-order chi connectivity index (χ1) is 12.8. The smallest absolute Gasteiger partial charge is 0.310 e. The van der Waals surface area contributed by atoms with Crippen LogP contribution in [0.3, 0.4) is 0 Å². The molecule has 0 aliphatic rings. The summed E-state index contributed by atoms with van der Waals surface area (Å²) in [4.78, 5) is 35.8. The number of hydrogen-bond donors (Lipinski definition) is 2. The molecule has 142 valence electrons. The van der Waals surface area contributed by atoms with Crippen LogP contribution in [-0.4, -0.2) is 24.2 Å². The molecular weight excluding hydrogens is 344 g/mol. The summed E-state index contributed by atoms with van der Waals surface area (Å²) in [7, 11) is 0. The fraction of sp³-hybridized carbons (Fsp3) is 0.286. The van der Waals surface area contributed by atoms with Gasteiger partial charge in [-0.3, -0.25) is 25.2 Å². The molecule has 0 aromatic heterocycles. The number of rotatable bonds is 6. The van der Waals surface area contributed by atoms with Gasteiger partial charge in [-0.1, -0.05) is 55.8 Å². The summed E-state index contributed by atoms with van der Waals surface area (Å²) in [6.07, 6.45) is 0. The van der Waals surface area contributed by atoms with E-state index in [2.05, 4.69) is 10.9 Å². The van der Waals surface area contributed by atoms with Gasteiger partial charge in [-0.05, 0) is 37.0 Å². The maximum Gasteiger partial charge on any atom is 0.310 e. The van der Waals surface area contributed by atoms with Crippen molar-refractivity contribution in [2.45, 2.75) is 33.6 Å². The monoisotopic (exact) mass is 368 g/mol. The zero-order valence-electron chi connectivity index (χ0n) is 16.0. The van der Waals surface area contributed by atoms with Crippen LogP contribution in [0.4, 0.5) is 0 Å². The van der Waals surface area contributed by atoms with Crippen molar-refractivity contribution < 1.29 is 19.1 Å². The van der Waals surface area contributed by atoms with Crippen molar-refractivity contribution >= 4 is 17.6 Å². The van der Waals surface area contributed by atoms with Crippen LogP contribution in [0.2, 0.25) is 0 Å². The summed E-state index contributed by atoms with van der Waals surface area (Å²) < 4.78 is 5.58. The average Bonchev–Trinajstić information content (AvgIpc) is 2.64. The summed E-state index contributed by atoms with van der Waals surface area (Å²) in [5.74, 6) is -1.32. The standard InChI is InChI=1S/C21H24N2O4/c1-13(2)17-10-7-15(4)11-18(17)27-12-19(24)22-23-21(26)20(25)16-8-5-14(3)6-9-16/h5-11,13H,12H2,1-4H3,(H,22,24)(H,23,26). The second-order valence-electron chi connectivity index (χ2n) is 6.68. The minimum atomic E-state index is -0.911. The van der Waals surface area contributed by atoms with Crippen LogP contribution in [-0.2, 0) is 9.59 Å². The molecule has 0 radical (unpaired) electrons. The minimum Gasteiger partial charge on any atom is -0.483 e. The zero-order chi connectivity index (χ0) is 20.0. The minimum absolute atomic E-state index is 0.246. The lowest BCUT2D eigenvalue weighted by atomic mass is 10.0. The van der Waals surface area contributed by atoms with Gasteiger partial charge in [0.15, 0.2) is 6.61 Å². The predicted octanol–water partition coefficient (Wildman–Crippen LogP) is 2.84. The molecule has 2 aromatic rings. The molecule has 27 heavy (non-hydrogen) atoms. The van der Waals surface area contributed by atoms with E-state index in [0.29, 0.717) is 5.75 Å². The van der Waals surface area contributed by atoms with E-state index in [1.807, 2.05) is 45.9 Å². The number of carbonyl (C=O) groups is 3. The number of ketones is 1. The molecule has 6 heteroatoms. The molecule has 0 spiro atoms. The molecule has 0 fully saturated rings. The number of benzene rings is 2. The Morgan fingerprint density at radius 1 is 0.926 bits per heavy atom. The lowest BCUT2D eigenvalue weighted by molar-refractivity contribution is -0.128. The first-order valence-electron chi connectivity index (χ1n) is 8.71. The third-order valence-electron chi connectivity index (χ3n) is 3.99. The molecule has 6 nitrogen and oxygen atoms in total. The lowest BCUT2D eigenvalue weighted by Gasteiger charge is -2.15. The van der Waals surface area contributed by atoms with Crippen LogP contribution in [0.1, 0.15) is 46.8 Å². The Balaban J connectivity index is 1.88. The van der Waals surface area contributed by atoms with Gasteiger partial charge in [-0.2, -0.15) is 0 Å². The summed E-state index contributed by atoms with van der Waals surface area (Å²) in [6.45, 7) is 7.62. The van der Waals surface area contributed by atoms with Crippen molar-refractivity contribution in [3.63, 3.8) is 0 Å². The molecule has 0 bridgehead atoms. The van der Waals surface area contributed by atoms with Gasteiger partial charge in [0.25, 0.3) is 11.7 Å². The van der Waals surface area contributed by atoms with Crippen molar-refractivity contribution in [2.75, 3.05) is 6.61 Å². The number of Topliss-reactive ketones (excluding diaryl/α,β-unsaturated/α-hetero) is 1. The summed E-state index contributed by atoms with van der Waals surface area (Å²) >= 11 is 0. The predicted molar refractivity (Wildman–Crippen MR) is 103 cm³/mol. The fourth-order valence-electron chi connectivity index (χ4n) is 2.44. The fourth-order valence-corrected chi connectivity index (χ4v) is 2.44. The molecule has 2 amide bonds. The van der Waals surface area contributed by atoms with Crippen LogP contribution in [0, 0.1) is 13.8 Å². The Kier molecular flexibility index (Phi) is 6.71. The molecule has 0 atom stereocenters. The van der Waals surface area contributed by atoms with Gasteiger partial charge in [0.2, 0.25) is 0 Å². The normalized spacial score (nSPS) is 10.4. The lowest BCUT2D eigenvalue weighted by Crippen LogP contribution is -2.46. The second kappa shape index (κ2) is 8.98. The quantitative estimate of drug-likeness (QED) is 0.466. The molecule has 2 aromatic carbocycles. The van der Waals surface area contributed by atoms with Gasteiger partial charge in [0.05, 0.1) is 0 Å². The molecule has 0 saturated carbocycles. The molecule has 0 heterocycles. The van der Waals surface area contributed by atoms with Crippen molar-refractivity contribution in [3.8, 4) is 5.75 Å². The van der Waals surface area contributed by atoms with Crippen LogP contribution in [0.15, 0.2) is 42.5 Å². The van der Waals surface area contributed by atoms with Gasteiger partial charge in [0.1, 0.15) is 5.75 Å². The van der Waals surface area contributed by atoms with Gasteiger partial charge in [-0.25, -0.2) is 0 Å². The van der Waals surface area contributed by atoms with E-state index >= 15 is 0 Å². The van der Waals surface area contributed by atoms with E-state index < -0.39 is 17.6 Å². The number of carbonyl (C=O) groups excluding carboxylic acids is 3.